The van der Waals surface area contributed by atoms with Gasteiger partial charge in [-0.15, -0.1) is 0 Å². The first-order valence-corrected chi connectivity index (χ1v) is 8.61. The van der Waals surface area contributed by atoms with Crippen LogP contribution in [0.5, 0.6) is 5.75 Å². The van der Waals surface area contributed by atoms with Gasteiger partial charge >= 0.3 is 0 Å². The number of likely N-dealkylation sites (tertiary alicyclic amines) is 1. The Morgan fingerprint density at radius 2 is 1.78 bits per heavy atom. The van der Waals surface area contributed by atoms with Gasteiger partial charge in [0.05, 0.1) is 13.2 Å². The quantitative estimate of drug-likeness (QED) is 0.849. The zero-order valence-electron chi connectivity index (χ0n) is 14.2. The number of ether oxygens (including phenoxy) is 1. The summed E-state index contributed by atoms with van der Waals surface area (Å²) in [7, 11) is 1.70. The molecular formula is C18H27N3O2. The Morgan fingerprint density at radius 1 is 1.09 bits per heavy atom. The highest BCUT2D eigenvalue weighted by molar-refractivity contribution is 5.81. The first-order chi connectivity index (χ1) is 11.2. The van der Waals surface area contributed by atoms with Crippen LogP contribution in [0.25, 0.3) is 0 Å². The van der Waals surface area contributed by atoms with Crippen molar-refractivity contribution in [2.75, 3.05) is 51.3 Å². The summed E-state index contributed by atoms with van der Waals surface area (Å²) in [6, 6.07) is 8.20. The molecule has 2 saturated heterocycles. The summed E-state index contributed by atoms with van der Waals surface area (Å²) in [5.41, 5.74) is 1.20. The molecule has 0 radical (unpaired) electrons. The van der Waals surface area contributed by atoms with Gasteiger partial charge in [-0.2, -0.15) is 0 Å². The highest BCUT2D eigenvalue weighted by Crippen LogP contribution is 2.23. The van der Waals surface area contributed by atoms with Crippen molar-refractivity contribution >= 4 is 11.6 Å². The second-order valence-corrected chi connectivity index (χ2v) is 6.43. The van der Waals surface area contributed by atoms with Gasteiger partial charge in [-0.3, -0.25) is 9.69 Å². The summed E-state index contributed by atoms with van der Waals surface area (Å²) in [5, 5.41) is 0. The Balaban J connectivity index is 1.56. The fourth-order valence-corrected chi connectivity index (χ4v) is 3.53. The number of rotatable bonds is 4. The van der Waals surface area contributed by atoms with E-state index in [1.165, 1.54) is 5.69 Å². The zero-order chi connectivity index (χ0) is 16.2. The van der Waals surface area contributed by atoms with Crippen LogP contribution in [0.1, 0.15) is 19.8 Å². The molecule has 0 N–H and O–H groups in total. The van der Waals surface area contributed by atoms with E-state index in [1.54, 1.807) is 7.11 Å². The van der Waals surface area contributed by atoms with Crippen molar-refractivity contribution in [3.63, 3.8) is 0 Å². The molecule has 0 aliphatic carbocycles. The molecular weight excluding hydrogens is 290 g/mol. The number of benzene rings is 1. The van der Waals surface area contributed by atoms with Gasteiger partial charge in [-0.1, -0.05) is 6.07 Å². The number of anilines is 1. The fourth-order valence-electron chi connectivity index (χ4n) is 3.53. The Kier molecular flexibility index (Phi) is 5.06. The van der Waals surface area contributed by atoms with E-state index in [4.69, 9.17) is 4.74 Å². The summed E-state index contributed by atoms with van der Waals surface area (Å²) in [6.07, 6.45) is 2.31. The molecule has 0 aromatic heterocycles. The Hall–Kier alpha value is -1.75. The fraction of sp³-hybridized carbons (Fsp3) is 0.611. The average Bonchev–Trinajstić information content (AvgIpc) is 3.15. The Labute approximate surface area is 138 Å². The van der Waals surface area contributed by atoms with E-state index in [0.29, 0.717) is 5.91 Å². The third kappa shape index (κ3) is 3.61. The van der Waals surface area contributed by atoms with Gasteiger partial charge in [0.2, 0.25) is 5.91 Å². The number of hydrogen-bond acceptors (Lipinski definition) is 4. The second-order valence-electron chi connectivity index (χ2n) is 6.43. The zero-order valence-corrected chi connectivity index (χ0v) is 14.2. The van der Waals surface area contributed by atoms with E-state index < -0.39 is 0 Å². The number of methoxy groups -OCH3 is 1. The molecule has 1 aromatic carbocycles. The minimum absolute atomic E-state index is 0.000518. The average molecular weight is 317 g/mol. The van der Waals surface area contributed by atoms with Crippen LogP contribution in [0.3, 0.4) is 0 Å². The van der Waals surface area contributed by atoms with Crippen LogP contribution >= 0.6 is 0 Å². The Bertz CT molecular complexity index is 535. The van der Waals surface area contributed by atoms with E-state index in [-0.39, 0.29) is 6.04 Å². The molecule has 3 rings (SSSR count). The van der Waals surface area contributed by atoms with Crippen molar-refractivity contribution in [2.24, 2.45) is 0 Å². The lowest BCUT2D eigenvalue weighted by Crippen LogP contribution is -2.54. The third-order valence-electron chi connectivity index (χ3n) is 5.06. The second kappa shape index (κ2) is 7.21. The normalized spacial score (nSPS) is 20.6. The number of hydrogen-bond donors (Lipinski definition) is 0. The standard InChI is InChI=1S/C18H27N3O2/c1-15(18(22)21-8-3-4-9-21)19-10-12-20(13-11-19)16-6-5-7-17(14-16)23-2/h5-7,14-15H,3-4,8-13H2,1-2H3. The van der Waals surface area contributed by atoms with Crippen LogP contribution in [-0.2, 0) is 4.79 Å². The minimum atomic E-state index is 0.000518. The van der Waals surface area contributed by atoms with Gasteiger partial charge in [-0.05, 0) is 31.9 Å². The van der Waals surface area contributed by atoms with Crippen LogP contribution < -0.4 is 9.64 Å². The largest absolute Gasteiger partial charge is 0.497 e. The molecule has 5 heteroatoms. The van der Waals surface area contributed by atoms with Crippen molar-refractivity contribution in [1.82, 2.24) is 9.80 Å². The molecule has 1 unspecified atom stereocenters. The third-order valence-corrected chi connectivity index (χ3v) is 5.06. The van der Waals surface area contributed by atoms with Gasteiger partial charge < -0.3 is 14.5 Å². The summed E-state index contributed by atoms with van der Waals surface area (Å²) in [4.78, 5) is 19.2. The van der Waals surface area contributed by atoms with Crippen molar-refractivity contribution in [3.05, 3.63) is 24.3 Å². The summed E-state index contributed by atoms with van der Waals surface area (Å²) in [6.45, 7) is 7.69. The number of carbonyl (C=O) groups is 1. The van der Waals surface area contributed by atoms with E-state index in [2.05, 4.69) is 28.9 Å². The SMILES string of the molecule is COc1cccc(N2CCN(C(C)C(=O)N3CCCC3)CC2)c1. The maximum absolute atomic E-state index is 12.5. The molecule has 0 spiro atoms. The lowest BCUT2D eigenvalue weighted by atomic mass is 10.2. The molecule has 0 saturated carbocycles. The molecule has 1 aromatic rings. The molecule has 0 bridgehead atoms. The molecule has 23 heavy (non-hydrogen) atoms. The topological polar surface area (TPSA) is 36.0 Å². The molecule has 2 heterocycles. The monoisotopic (exact) mass is 317 g/mol. The summed E-state index contributed by atoms with van der Waals surface area (Å²) in [5.74, 6) is 1.19. The van der Waals surface area contributed by atoms with Gasteiger partial charge in [0.25, 0.3) is 0 Å². The summed E-state index contributed by atoms with van der Waals surface area (Å²) < 4.78 is 5.31. The highest BCUT2D eigenvalue weighted by atomic mass is 16.5. The molecule has 1 amide bonds. The van der Waals surface area contributed by atoms with Crippen LogP contribution in [-0.4, -0.2) is 68.1 Å². The summed E-state index contributed by atoms with van der Waals surface area (Å²) >= 11 is 0. The molecule has 1 atom stereocenters. The van der Waals surface area contributed by atoms with Crippen LogP contribution in [0.4, 0.5) is 5.69 Å². The van der Waals surface area contributed by atoms with E-state index in [0.717, 1.165) is 57.9 Å². The van der Waals surface area contributed by atoms with E-state index >= 15 is 0 Å². The van der Waals surface area contributed by atoms with Crippen molar-refractivity contribution in [3.8, 4) is 5.75 Å². The molecule has 2 aliphatic rings. The van der Waals surface area contributed by atoms with Gasteiger partial charge in [0.15, 0.2) is 0 Å². The number of nitrogens with zero attached hydrogens (tertiary/aromatic N) is 3. The Morgan fingerprint density at radius 3 is 2.43 bits per heavy atom. The first kappa shape index (κ1) is 16.1. The van der Waals surface area contributed by atoms with Crippen LogP contribution in [0, 0.1) is 0 Å². The lowest BCUT2D eigenvalue weighted by molar-refractivity contribution is -0.135. The molecule has 5 nitrogen and oxygen atoms in total. The van der Waals surface area contributed by atoms with Gasteiger partial charge in [-0.25, -0.2) is 0 Å². The number of piperazine rings is 1. The van der Waals surface area contributed by atoms with Crippen LogP contribution in [0.2, 0.25) is 0 Å². The highest BCUT2D eigenvalue weighted by Gasteiger charge is 2.29. The van der Waals surface area contributed by atoms with Crippen molar-refractivity contribution < 1.29 is 9.53 Å². The molecule has 2 aliphatic heterocycles. The van der Waals surface area contributed by atoms with E-state index in [9.17, 15) is 4.79 Å². The minimum Gasteiger partial charge on any atom is -0.497 e. The number of carbonyl (C=O) groups excluding carboxylic acids is 1. The predicted octanol–water partition coefficient (Wildman–Crippen LogP) is 1.83. The molecule has 2 fully saturated rings. The maximum Gasteiger partial charge on any atom is 0.239 e. The smallest absolute Gasteiger partial charge is 0.239 e. The van der Waals surface area contributed by atoms with Crippen molar-refractivity contribution in [2.45, 2.75) is 25.8 Å². The predicted molar refractivity (Wildman–Crippen MR) is 92.1 cm³/mol. The first-order valence-electron chi connectivity index (χ1n) is 8.61. The van der Waals surface area contributed by atoms with Gasteiger partial charge in [0, 0.05) is 51.0 Å². The van der Waals surface area contributed by atoms with E-state index in [1.807, 2.05) is 17.0 Å². The van der Waals surface area contributed by atoms with Crippen molar-refractivity contribution in [1.29, 1.82) is 0 Å². The lowest BCUT2D eigenvalue weighted by Gasteiger charge is -2.39. The van der Waals surface area contributed by atoms with Gasteiger partial charge in [0.1, 0.15) is 5.75 Å². The maximum atomic E-state index is 12.5. The molecule has 126 valence electrons. The number of amides is 1. The van der Waals surface area contributed by atoms with Crippen LogP contribution in [0.15, 0.2) is 24.3 Å².